The van der Waals surface area contributed by atoms with Gasteiger partial charge in [0.2, 0.25) is 5.91 Å². The van der Waals surface area contributed by atoms with Crippen LogP contribution in [0.2, 0.25) is 0 Å². The van der Waals surface area contributed by atoms with Crippen molar-refractivity contribution in [3.8, 4) is 0 Å². The molecule has 2 aromatic carbocycles. The number of hydrogen-bond donors (Lipinski definition) is 2. The zero-order valence-electron chi connectivity index (χ0n) is 20.1. The van der Waals surface area contributed by atoms with Crippen LogP contribution in [0.1, 0.15) is 37.9 Å². The Balaban J connectivity index is 1.73. The third-order valence-electron chi connectivity index (χ3n) is 5.48. The van der Waals surface area contributed by atoms with E-state index in [4.69, 9.17) is 9.47 Å². The lowest BCUT2D eigenvalue weighted by atomic mass is 10.0. The molecular weight excluding hydrogens is 437 g/mol. The number of carbonyl (C=O) groups excluding carboxylic acids is 2. The fourth-order valence-corrected chi connectivity index (χ4v) is 3.89. The minimum atomic E-state index is -0.824. The van der Waals surface area contributed by atoms with Gasteiger partial charge < -0.3 is 20.1 Å². The van der Waals surface area contributed by atoms with Gasteiger partial charge >= 0.3 is 6.09 Å². The quantitative estimate of drug-likeness (QED) is 0.617. The molecule has 34 heavy (non-hydrogen) atoms. The van der Waals surface area contributed by atoms with Crippen LogP contribution in [0.25, 0.3) is 0 Å². The summed E-state index contributed by atoms with van der Waals surface area (Å²) >= 11 is 0. The molecule has 0 saturated carbocycles. The number of alkyl carbamates (subject to hydrolysis) is 1. The van der Waals surface area contributed by atoms with E-state index >= 15 is 0 Å². The van der Waals surface area contributed by atoms with E-state index in [2.05, 4.69) is 15.5 Å². The number of hydrogen-bond acceptors (Lipinski definition) is 5. The van der Waals surface area contributed by atoms with E-state index in [0.717, 1.165) is 11.1 Å². The number of halogens is 1. The minimum Gasteiger partial charge on any atom is -0.444 e. The maximum atomic E-state index is 14.0. The molecule has 0 spiro atoms. The monoisotopic (exact) mass is 471 g/mol. The third kappa shape index (κ3) is 8.11. The first-order chi connectivity index (χ1) is 16.2. The molecule has 1 aliphatic heterocycles. The van der Waals surface area contributed by atoms with E-state index in [-0.39, 0.29) is 24.3 Å². The van der Waals surface area contributed by atoms with Crippen molar-refractivity contribution < 1.29 is 23.5 Å². The lowest BCUT2D eigenvalue weighted by Gasteiger charge is -2.35. The van der Waals surface area contributed by atoms with Crippen molar-refractivity contribution in [2.24, 2.45) is 0 Å². The van der Waals surface area contributed by atoms with Crippen molar-refractivity contribution >= 4 is 12.0 Å². The molecule has 7 nitrogen and oxygen atoms in total. The molecule has 2 aromatic rings. The maximum absolute atomic E-state index is 14.0. The van der Waals surface area contributed by atoms with Gasteiger partial charge in [-0.3, -0.25) is 9.69 Å². The Kier molecular flexibility index (Phi) is 9.01. The molecule has 0 aliphatic carbocycles. The SMILES string of the molecule is CC(C)(C)OC(=O)NC(Cc1ccccc1)C(=O)NCC(c1cccc(F)c1)N1CCOCC1. The van der Waals surface area contributed by atoms with Crippen molar-refractivity contribution in [1.29, 1.82) is 0 Å². The van der Waals surface area contributed by atoms with Gasteiger partial charge in [-0.1, -0.05) is 42.5 Å². The van der Waals surface area contributed by atoms with Gasteiger partial charge in [0.25, 0.3) is 0 Å². The number of carbonyl (C=O) groups is 2. The van der Waals surface area contributed by atoms with Crippen LogP contribution in [-0.2, 0) is 20.7 Å². The van der Waals surface area contributed by atoms with Gasteiger partial charge in [-0.15, -0.1) is 0 Å². The van der Waals surface area contributed by atoms with Crippen molar-refractivity contribution in [2.75, 3.05) is 32.8 Å². The first-order valence-electron chi connectivity index (χ1n) is 11.6. The Labute approximate surface area is 200 Å². The minimum absolute atomic E-state index is 0.220. The average molecular weight is 472 g/mol. The Hall–Kier alpha value is -2.97. The average Bonchev–Trinajstić information content (AvgIpc) is 2.79. The molecule has 2 amide bonds. The molecule has 0 radical (unpaired) electrons. The van der Waals surface area contributed by atoms with Gasteiger partial charge in [-0.2, -0.15) is 0 Å². The van der Waals surface area contributed by atoms with Crippen LogP contribution < -0.4 is 10.6 Å². The summed E-state index contributed by atoms with van der Waals surface area (Å²) in [5.74, 6) is -0.653. The Morgan fingerprint density at radius 1 is 1.09 bits per heavy atom. The van der Waals surface area contributed by atoms with Gasteiger partial charge in [0.1, 0.15) is 17.5 Å². The van der Waals surface area contributed by atoms with Crippen LogP contribution in [0.4, 0.5) is 9.18 Å². The Morgan fingerprint density at radius 3 is 2.44 bits per heavy atom. The van der Waals surface area contributed by atoms with Crippen LogP contribution in [0, 0.1) is 5.82 Å². The largest absolute Gasteiger partial charge is 0.444 e. The number of nitrogens with one attached hydrogen (secondary N) is 2. The standard InChI is InChI=1S/C26H34FN3O4/c1-26(2,3)34-25(32)29-22(16-19-8-5-4-6-9-19)24(31)28-18-23(30-12-14-33-15-13-30)20-10-7-11-21(27)17-20/h4-11,17,22-23H,12-16,18H2,1-3H3,(H,28,31)(H,29,32). The van der Waals surface area contributed by atoms with Crippen LogP contribution in [-0.4, -0.2) is 61.4 Å². The summed E-state index contributed by atoms with van der Waals surface area (Å²) in [5, 5.41) is 5.68. The molecule has 1 saturated heterocycles. The highest BCUT2D eigenvalue weighted by molar-refractivity contribution is 5.86. The van der Waals surface area contributed by atoms with Gasteiger partial charge in [-0.25, -0.2) is 9.18 Å². The molecule has 2 N–H and O–H groups in total. The Bertz CT molecular complexity index is 943. The van der Waals surface area contributed by atoms with E-state index in [9.17, 15) is 14.0 Å². The van der Waals surface area contributed by atoms with Crippen LogP contribution >= 0.6 is 0 Å². The summed E-state index contributed by atoms with van der Waals surface area (Å²) in [6, 6.07) is 14.8. The third-order valence-corrected chi connectivity index (χ3v) is 5.48. The summed E-state index contributed by atoms with van der Waals surface area (Å²) in [6.45, 7) is 8.10. The smallest absolute Gasteiger partial charge is 0.408 e. The second kappa shape index (κ2) is 11.9. The normalized spacial score (nSPS) is 16.4. The number of amides is 2. The predicted molar refractivity (Wildman–Crippen MR) is 128 cm³/mol. The van der Waals surface area contributed by atoms with Gasteiger partial charge in [-0.05, 0) is 44.0 Å². The summed E-state index contributed by atoms with van der Waals surface area (Å²) in [4.78, 5) is 27.8. The van der Waals surface area contributed by atoms with Crippen LogP contribution in [0.3, 0.4) is 0 Å². The highest BCUT2D eigenvalue weighted by Crippen LogP contribution is 2.22. The number of rotatable bonds is 8. The van der Waals surface area contributed by atoms with E-state index in [1.165, 1.54) is 12.1 Å². The summed E-state index contributed by atoms with van der Waals surface area (Å²) < 4.78 is 24.8. The van der Waals surface area contributed by atoms with Gasteiger partial charge in [0.05, 0.1) is 19.3 Å². The van der Waals surface area contributed by atoms with E-state index < -0.39 is 17.7 Å². The van der Waals surface area contributed by atoms with Crippen molar-refractivity contribution in [1.82, 2.24) is 15.5 Å². The zero-order valence-corrected chi connectivity index (χ0v) is 20.1. The molecule has 8 heteroatoms. The highest BCUT2D eigenvalue weighted by Gasteiger charge is 2.28. The number of benzene rings is 2. The second-order valence-corrected chi connectivity index (χ2v) is 9.35. The van der Waals surface area contributed by atoms with Crippen molar-refractivity contribution in [3.63, 3.8) is 0 Å². The molecule has 0 bridgehead atoms. The summed E-state index contributed by atoms with van der Waals surface area (Å²) in [6.07, 6.45) is -0.341. The molecular formula is C26H34FN3O4. The summed E-state index contributed by atoms with van der Waals surface area (Å²) in [5.41, 5.74) is 1.01. The molecule has 2 unspecified atom stereocenters. The zero-order chi connectivity index (χ0) is 24.6. The molecule has 1 aliphatic rings. The molecule has 2 atom stereocenters. The molecule has 3 rings (SSSR count). The second-order valence-electron chi connectivity index (χ2n) is 9.35. The number of ether oxygens (including phenoxy) is 2. The maximum Gasteiger partial charge on any atom is 0.408 e. The lowest BCUT2D eigenvalue weighted by Crippen LogP contribution is -2.51. The fourth-order valence-electron chi connectivity index (χ4n) is 3.89. The molecule has 1 heterocycles. The summed E-state index contributed by atoms with van der Waals surface area (Å²) in [7, 11) is 0. The van der Waals surface area contributed by atoms with Gasteiger partial charge in [0, 0.05) is 26.1 Å². The highest BCUT2D eigenvalue weighted by atomic mass is 19.1. The molecule has 1 fully saturated rings. The predicted octanol–water partition coefficient (Wildman–Crippen LogP) is 3.45. The van der Waals surface area contributed by atoms with Crippen molar-refractivity contribution in [2.45, 2.75) is 44.9 Å². The number of morpholine rings is 1. The van der Waals surface area contributed by atoms with E-state index in [1.54, 1.807) is 26.8 Å². The number of nitrogens with zero attached hydrogens (tertiary/aromatic N) is 1. The Morgan fingerprint density at radius 2 is 1.79 bits per heavy atom. The van der Waals surface area contributed by atoms with Gasteiger partial charge in [0.15, 0.2) is 0 Å². The van der Waals surface area contributed by atoms with E-state index in [0.29, 0.717) is 32.7 Å². The van der Waals surface area contributed by atoms with Crippen molar-refractivity contribution in [3.05, 3.63) is 71.5 Å². The molecule has 184 valence electrons. The fraction of sp³-hybridized carbons (Fsp3) is 0.462. The van der Waals surface area contributed by atoms with E-state index in [1.807, 2.05) is 36.4 Å². The van der Waals surface area contributed by atoms with Crippen LogP contribution in [0.15, 0.2) is 54.6 Å². The lowest BCUT2D eigenvalue weighted by molar-refractivity contribution is -0.123. The first kappa shape index (κ1) is 25.6. The van der Waals surface area contributed by atoms with Crippen LogP contribution in [0.5, 0.6) is 0 Å². The topological polar surface area (TPSA) is 79.9 Å². The molecule has 0 aromatic heterocycles. The first-order valence-corrected chi connectivity index (χ1v) is 11.6.